The highest BCUT2D eigenvalue weighted by molar-refractivity contribution is 7.92. The summed E-state index contributed by atoms with van der Waals surface area (Å²) in [5, 5.41) is 0. The number of nitrogens with one attached hydrogen (secondary N) is 1. The third kappa shape index (κ3) is 3.40. The number of benzene rings is 2. The zero-order valence-corrected chi connectivity index (χ0v) is 12.7. The van der Waals surface area contributed by atoms with Gasteiger partial charge in [0.05, 0.1) is 5.69 Å². The lowest BCUT2D eigenvalue weighted by atomic mass is 10.1. The van der Waals surface area contributed by atoms with Crippen molar-refractivity contribution >= 4 is 15.7 Å². The number of rotatable bonds is 4. The number of halogens is 1. The molecule has 0 aromatic heterocycles. The summed E-state index contributed by atoms with van der Waals surface area (Å²) in [6.07, 6.45) is 0. The van der Waals surface area contributed by atoms with Crippen LogP contribution in [0.15, 0.2) is 41.3 Å². The van der Waals surface area contributed by atoms with E-state index in [-0.39, 0.29) is 11.4 Å². The Hall–Kier alpha value is -1.92. The van der Waals surface area contributed by atoms with Crippen molar-refractivity contribution in [1.82, 2.24) is 0 Å². The van der Waals surface area contributed by atoms with Gasteiger partial charge < -0.3 is 5.73 Å². The molecule has 0 radical (unpaired) electrons. The summed E-state index contributed by atoms with van der Waals surface area (Å²) in [6.45, 7) is 3.86. The van der Waals surface area contributed by atoms with Gasteiger partial charge in [0.25, 0.3) is 10.0 Å². The van der Waals surface area contributed by atoms with Crippen molar-refractivity contribution < 1.29 is 12.8 Å². The van der Waals surface area contributed by atoms with Crippen molar-refractivity contribution in [3.8, 4) is 0 Å². The lowest BCUT2D eigenvalue weighted by Crippen LogP contribution is -2.15. The van der Waals surface area contributed by atoms with Crippen LogP contribution in [0.4, 0.5) is 10.1 Å². The van der Waals surface area contributed by atoms with Gasteiger partial charge >= 0.3 is 0 Å². The van der Waals surface area contributed by atoms with Gasteiger partial charge in [-0.15, -0.1) is 0 Å². The largest absolute Gasteiger partial charge is 0.326 e. The Kier molecular flexibility index (Phi) is 4.29. The van der Waals surface area contributed by atoms with Crippen molar-refractivity contribution in [3.05, 3.63) is 58.9 Å². The van der Waals surface area contributed by atoms with Crippen LogP contribution in [-0.2, 0) is 16.6 Å². The quantitative estimate of drug-likeness (QED) is 0.912. The van der Waals surface area contributed by atoms with Gasteiger partial charge in [-0.2, -0.15) is 0 Å². The molecule has 0 aliphatic heterocycles. The molecule has 0 unspecified atom stereocenters. The van der Waals surface area contributed by atoms with Gasteiger partial charge in [-0.25, -0.2) is 12.8 Å². The van der Waals surface area contributed by atoms with Crippen LogP contribution in [-0.4, -0.2) is 8.42 Å². The molecule has 0 heterocycles. The molecule has 3 N–H and O–H groups in total. The highest BCUT2D eigenvalue weighted by Crippen LogP contribution is 2.22. The number of sulfonamides is 1. The van der Waals surface area contributed by atoms with E-state index in [2.05, 4.69) is 4.72 Å². The normalized spacial score (nSPS) is 11.4. The summed E-state index contributed by atoms with van der Waals surface area (Å²) in [4.78, 5) is -0.389. The first-order valence-corrected chi connectivity index (χ1v) is 7.90. The predicted molar refractivity (Wildman–Crippen MR) is 81.0 cm³/mol. The lowest BCUT2D eigenvalue weighted by molar-refractivity contribution is 0.569. The molecule has 0 amide bonds. The monoisotopic (exact) mass is 308 g/mol. The van der Waals surface area contributed by atoms with E-state index in [1.807, 2.05) is 13.0 Å². The van der Waals surface area contributed by atoms with E-state index in [0.29, 0.717) is 11.3 Å². The van der Waals surface area contributed by atoms with E-state index >= 15 is 0 Å². The molecule has 0 spiro atoms. The van der Waals surface area contributed by atoms with Gasteiger partial charge in [0, 0.05) is 6.54 Å². The van der Waals surface area contributed by atoms with Crippen molar-refractivity contribution in [2.45, 2.75) is 25.3 Å². The maximum absolute atomic E-state index is 13.9. The Bertz CT molecular complexity index is 773. The second kappa shape index (κ2) is 5.83. The number of hydrogen-bond acceptors (Lipinski definition) is 3. The molecular formula is C15H17FN2O2S. The minimum Gasteiger partial charge on any atom is -0.326 e. The fraction of sp³-hybridized carbons (Fsp3) is 0.200. The van der Waals surface area contributed by atoms with Gasteiger partial charge in [-0.3, -0.25) is 4.72 Å². The van der Waals surface area contributed by atoms with Gasteiger partial charge in [0.15, 0.2) is 0 Å². The fourth-order valence-electron chi connectivity index (χ4n) is 2.02. The van der Waals surface area contributed by atoms with Crippen molar-refractivity contribution in [2.24, 2.45) is 5.73 Å². The standard InChI is InChI=1S/C15H17FN2O2S/c1-10-3-5-14(11(2)7-10)18-21(19,20)15-6-4-12(9-17)8-13(15)16/h3-8,18H,9,17H2,1-2H3. The van der Waals surface area contributed by atoms with Gasteiger partial charge in [0.1, 0.15) is 10.7 Å². The van der Waals surface area contributed by atoms with Crippen LogP contribution in [0.3, 0.4) is 0 Å². The van der Waals surface area contributed by atoms with E-state index in [9.17, 15) is 12.8 Å². The topological polar surface area (TPSA) is 72.2 Å². The SMILES string of the molecule is Cc1ccc(NS(=O)(=O)c2ccc(CN)cc2F)c(C)c1. The Morgan fingerprint density at radius 2 is 1.86 bits per heavy atom. The van der Waals surface area contributed by atoms with Crippen LogP contribution in [0.5, 0.6) is 0 Å². The molecule has 4 nitrogen and oxygen atoms in total. The molecule has 2 rings (SSSR count). The molecule has 0 atom stereocenters. The fourth-order valence-corrected chi connectivity index (χ4v) is 3.21. The van der Waals surface area contributed by atoms with Crippen LogP contribution in [0.2, 0.25) is 0 Å². The van der Waals surface area contributed by atoms with Gasteiger partial charge in [-0.05, 0) is 43.2 Å². The number of aryl methyl sites for hydroxylation is 2. The summed E-state index contributed by atoms with van der Waals surface area (Å²) >= 11 is 0. The first-order valence-electron chi connectivity index (χ1n) is 6.42. The summed E-state index contributed by atoms with van der Waals surface area (Å²) in [5.74, 6) is -0.810. The van der Waals surface area contributed by atoms with E-state index in [0.717, 1.165) is 17.2 Å². The molecule has 21 heavy (non-hydrogen) atoms. The van der Waals surface area contributed by atoms with Crippen LogP contribution >= 0.6 is 0 Å². The third-order valence-corrected chi connectivity index (χ3v) is 4.55. The zero-order valence-electron chi connectivity index (χ0n) is 11.9. The molecule has 0 fully saturated rings. The summed E-state index contributed by atoms with van der Waals surface area (Å²) in [7, 11) is -3.97. The first-order chi connectivity index (χ1) is 9.83. The molecule has 2 aromatic carbocycles. The molecule has 0 aliphatic carbocycles. The molecule has 0 aliphatic rings. The molecule has 2 aromatic rings. The Morgan fingerprint density at radius 1 is 1.14 bits per heavy atom. The summed E-state index contributed by atoms with van der Waals surface area (Å²) in [6, 6.07) is 9.17. The maximum atomic E-state index is 13.9. The molecule has 6 heteroatoms. The Morgan fingerprint density at radius 3 is 2.43 bits per heavy atom. The average molecular weight is 308 g/mol. The molecule has 0 saturated carbocycles. The van der Waals surface area contributed by atoms with E-state index in [1.165, 1.54) is 12.1 Å². The van der Waals surface area contributed by atoms with Crippen LogP contribution < -0.4 is 10.5 Å². The van der Waals surface area contributed by atoms with Crippen molar-refractivity contribution in [1.29, 1.82) is 0 Å². The van der Waals surface area contributed by atoms with E-state index < -0.39 is 15.8 Å². The van der Waals surface area contributed by atoms with Crippen LogP contribution in [0, 0.1) is 19.7 Å². The number of nitrogens with two attached hydrogens (primary N) is 1. The zero-order chi connectivity index (χ0) is 15.6. The summed E-state index contributed by atoms with van der Waals surface area (Å²) in [5.41, 5.74) is 8.17. The second-order valence-corrected chi connectivity index (χ2v) is 6.54. The minimum absolute atomic E-state index is 0.155. The van der Waals surface area contributed by atoms with Crippen molar-refractivity contribution in [2.75, 3.05) is 4.72 Å². The predicted octanol–water partition coefficient (Wildman–Crippen LogP) is 2.70. The first kappa shape index (κ1) is 15.5. The molecule has 0 saturated heterocycles. The summed E-state index contributed by atoms with van der Waals surface area (Å²) < 4.78 is 40.9. The van der Waals surface area contributed by atoms with Gasteiger partial charge in [-0.1, -0.05) is 23.8 Å². The Labute approximate surface area is 123 Å². The highest BCUT2D eigenvalue weighted by atomic mass is 32.2. The van der Waals surface area contributed by atoms with Crippen molar-refractivity contribution in [3.63, 3.8) is 0 Å². The number of anilines is 1. The average Bonchev–Trinajstić information content (AvgIpc) is 2.41. The lowest BCUT2D eigenvalue weighted by Gasteiger charge is -2.12. The number of hydrogen-bond donors (Lipinski definition) is 2. The molecular weight excluding hydrogens is 291 g/mol. The highest BCUT2D eigenvalue weighted by Gasteiger charge is 2.20. The van der Waals surface area contributed by atoms with Gasteiger partial charge in [0.2, 0.25) is 0 Å². The third-order valence-electron chi connectivity index (χ3n) is 3.15. The molecule has 0 bridgehead atoms. The molecule has 112 valence electrons. The second-order valence-electron chi connectivity index (χ2n) is 4.89. The Balaban J connectivity index is 2.38. The van der Waals surface area contributed by atoms with Crippen LogP contribution in [0.25, 0.3) is 0 Å². The van der Waals surface area contributed by atoms with Crippen LogP contribution in [0.1, 0.15) is 16.7 Å². The smallest absolute Gasteiger partial charge is 0.264 e. The van der Waals surface area contributed by atoms with E-state index in [1.54, 1.807) is 19.1 Å². The van der Waals surface area contributed by atoms with E-state index in [4.69, 9.17) is 5.73 Å². The maximum Gasteiger partial charge on any atom is 0.264 e. The minimum atomic E-state index is -3.97.